The second kappa shape index (κ2) is 15.6. The Labute approximate surface area is 280 Å². The second-order valence-corrected chi connectivity index (χ2v) is 14.2. The number of amides is 2. The minimum absolute atomic E-state index is 0.0393. The fourth-order valence-corrected chi connectivity index (χ4v) is 6.72. The van der Waals surface area contributed by atoms with Crippen LogP contribution in [0.3, 0.4) is 0 Å². The summed E-state index contributed by atoms with van der Waals surface area (Å²) in [6, 6.07) is 24.3. The van der Waals surface area contributed by atoms with Crippen molar-refractivity contribution in [3.05, 3.63) is 130 Å². The van der Waals surface area contributed by atoms with Crippen molar-refractivity contribution < 1.29 is 22.4 Å². The smallest absolute Gasteiger partial charge is 0.264 e. The van der Waals surface area contributed by atoms with Gasteiger partial charge in [0, 0.05) is 29.6 Å². The Bertz CT molecular complexity index is 1730. The first-order valence-corrected chi connectivity index (χ1v) is 16.9. The van der Waals surface area contributed by atoms with Gasteiger partial charge in [-0.05, 0) is 66.4 Å². The van der Waals surface area contributed by atoms with Crippen LogP contribution in [0.25, 0.3) is 0 Å². The summed E-state index contributed by atoms with van der Waals surface area (Å²) in [5.41, 5.74) is 2.30. The fourth-order valence-electron chi connectivity index (χ4n) is 4.81. The van der Waals surface area contributed by atoms with Gasteiger partial charge in [0.1, 0.15) is 18.4 Å². The van der Waals surface area contributed by atoms with E-state index >= 15 is 0 Å². The van der Waals surface area contributed by atoms with Gasteiger partial charge in [-0.25, -0.2) is 12.8 Å². The van der Waals surface area contributed by atoms with Gasteiger partial charge in [0.15, 0.2) is 0 Å². The Morgan fingerprint density at radius 3 is 2.04 bits per heavy atom. The van der Waals surface area contributed by atoms with Gasteiger partial charge in [-0.3, -0.25) is 13.9 Å². The topological polar surface area (TPSA) is 86.8 Å². The largest absolute Gasteiger partial charge is 0.354 e. The lowest BCUT2D eigenvalue weighted by atomic mass is 10.0. The molecule has 1 N–H and O–H groups in total. The summed E-state index contributed by atoms with van der Waals surface area (Å²) in [5, 5.41) is 3.29. The van der Waals surface area contributed by atoms with Crippen molar-refractivity contribution in [2.75, 3.05) is 17.4 Å². The fraction of sp³-hybridized carbons (Fsp3) is 0.257. The SMILES string of the molecule is Cc1ccc(S(=O)(=O)N(CC(=O)N(Cc2ccc(F)cc2)[C@H](Cc2ccccc2)C(=O)NCC(C)C)c2cc(Cl)cc(Cl)c2)cc1. The van der Waals surface area contributed by atoms with Crippen molar-refractivity contribution in [2.24, 2.45) is 5.92 Å². The first-order valence-electron chi connectivity index (χ1n) is 14.7. The molecule has 46 heavy (non-hydrogen) atoms. The van der Waals surface area contributed by atoms with Gasteiger partial charge in [0.2, 0.25) is 11.8 Å². The lowest BCUT2D eigenvalue weighted by molar-refractivity contribution is -0.140. The predicted octanol–water partition coefficient (Wildman–Crippen LogP) is 7.05. The van der Waals surface area contributed by atoms with Crippen molar-refractivity contribution in [1.29, 1.82) is 0 Å². The number of halogens is 3. The summed E-state index contributed by atoms with van der Waals surface area (Å²) >= 11 is 12.6. The molecule has 0 spiro atoms. The van der Waals surface area contributed by atoms with Gasteiger partial charge in [-0.1, -0.05) is 97.2 Å². The van der Waals surface area contributed by atoms with E-state index in [0.29, 0.717) is 12.1 Å². The highest BCUT2D eigenvalue weighted by Crippen LogP contribution is 2.30. The molecular formula is C35H36Cl2FN3O4S. The minimum Gasteiger partial charge on any atom is -0.354 e. The van der Waals surface area contributed by atoms with Gasteiger partial charge in [0.25, 0.3) is 10.0 Å². The first kappa shape index (κ1) is 34.9. The maximum Gasteiger partial charge on any atom is 0.264 e. The lowest BCUT2D eigenvalue weighted by Crippen LogP contribution is -2.53. The third kappa shape index (κ3) is 9.31. The van der Waals surface area contributed by atoms with Crippen LogP contribution in [-0.4, -0.2) is 44.3 Å². The summed E-state index contributed by atoms with van der Waals surface area (Å²) in [6.07, 6.45) is 0.158. The quantitative estimate of drug-likeness (QED) is 0.164. The van der Waals surface area contributed by atoms with Crippen molar-refractivity contribution >= 4 is 50.7 Å². The number of hydrogen-bond acceptors (Lipinski definition) is 4. The average Bonchev–Trinajstić information content (AvgIpc) is 3.01. The van der Waals surface area contributed by atoms with Gasteiger partial charge in [0.05, 0.1) is 10.6 Å². The molecule has 4 aromatic rings. The van der Waals surface area contributed by atoms with E-state index in [1.807, 2.05) is 51.1 Å². The monoisotopic (exact) mass is 683 g/mol. The zero-order valence-corrected chi connectivity index (χ0v) is 28.1. The zero-order chi connectivity index (χ0) is 33.4. The number of nitrogens with one attached hydrogen (secondary N) is 1. The Balaban J connectivity index is 1.82. The zero-order valence-electron chi connectivity index (χ0n) is 25.8. The predicted molar refractivity (Wildman–Crippen MR) is 181 cm³/mol. The molecule has 0 saturated carbocycles. The summed E-state index contributed by atoms with van der Waals surface area (Å²) in [5.74, 6) is -1.36. The van der Waals surface area contributed by atoms with E-state index in [-0.39, 0.29) is 39.5 Å². The van der Waals surface area contributed by atoms with Crippen LogP contribution in [0, 0.1) is 18.7 Å². The molecule has 0 saturated heterocycles. The summed E-state index contributed by atoms with van der Waals surface area (Å²) in [6.45, 7) is 5.36. The van der Waals surface area contributed by atoms with Gasteiger partial charge in [-0.15, -0.1) is 0 Å². The van der Waals surface area contributed by atoms with Crippen LogP contribution in [0.5, 0.6) is 0 Å². The van der Waals surface area contributed by atoms with Crippen LogP contribution in [0.1, 0.15) is 30.5 Å². The molecule has 4 aromatic carbocycles. The second-order valence-electron chi connectivity index (χ2n) is 11.4. The standard InChI is InChI=1S/C35H36Cl2FN3O4S/c1-24(2)21-39-35(43)33(17-26-7-5-4-6-8-26)40(22-27-11-13-30(38)14-12-27)34(42)23-41(31-19-28(36)18-29(37)20-31)46(44,45)32-15-9-25(3)10-16-32/h4-16,18-20,24,33H,17,21-23H2,1-3H3,(H,39,43)/t33-/m1/s1. The molecular weight excluding hydrogens is 648 g/mol. The molecule has 0 aliphatic carbocycles. The molecule has 4 rings (SSSR count). The number of carbonyl (C=O) groups is 2. The van der Waals surface area contributed by atoms with E-state index in [4.69, 9.17) is 23.2 Å². The van der Waals surface area contributed by atoms with Crippen molar-refractivity contribution in [3.8, 4) is 0 Å². The maximum absolute atomic E-state index is 14.5. The van der Waals surface area contributed by atoms with Gasteiger partial charge in [-0.2, -0.15) is 0 Å². The molecule has 11 heteroatoms. The van der Waals surface area contributed by atoms with Crippen LogP contribution in [0.4, 0.5) is 10.1 Å². The number of rotatable bonds is 13. The summed E-state index contributed by atoms with van der Waals surface area (Å²) in [4.78, 5) is 29.6. The van der Waals surface area contributed by atoms with Crippen molar-refractivity contribution in [3.63, 3.8) is 0 Å². The van der Waals surface area contributed by atoms with E-state index in [1.165, 1.54) is 59.5 Å². The Hall–Kier alpha value is -3.92. The van der Waals surface area contributed by atoms with Crippen LogP contribution in [0.15, 0.2) is 102 Å². The number of aryl methyl sites for hydroxylation is 1. The maximum atomic E-state index is 14.5. The molecule has 0 aliphatic rings. The number of sulfonamides is 1. The molecule has 0 radical (unpaired) electrons. The van der Waals surface area contributed by atoms with Crippen LogP contribution in [0.2, 0.25) is 10.0 Å². The Kier molecular flexibility index (Phi) is 11.8. The average molecular weight is 685 g/mol. The molecule has 0 unspecified atom stereocenters. The number of carbonyl (C=O) groups excluding carboxylic acids is 2. The number of hydrogen-bond donors (Lipinski definition) is 1. The van der Waals surface area contributed by atoms with Gasteiger partial charge < -0.3 is 10.2 Å². The number of anilines is 1. The molecule has 0 bridgehead atoms. The molecule has 242 valence electrons. The highest BCUT2D eigenvalue weighted by atomic mass is 35.5. The van der Waals surface area contributed by atoms with E-state index in [9.17, 15) is 22.4 Å². The van der Waals surface area contributed by atoms with Gasteiger partial charge >= 0.3 is 0 Å². The number of benzene rings is 4. The third-order valence-corrected chi connectivity index (χ3v) is 9.47. The molecule has 0 aromatic heterocycles. The third-order valence-electron chi connectivity index (χ3n) is 7.24. The Morgan fingerprint density at radius 2 is 1.46 bits per heavy atom. The first-order chi connectivity index (χ1) is 21.8. The molecule has 1 atom stereocenters. The van der Waals surface area contributed by atoms with E-state index in [2.05, 4.69) is 5.32 Å². The highest BCUT2D eigenvalue weighted by molar-refractivity contribution is 7.92. The van der Waals surface area contributed by atoms with Crippen LogP contribution < -0.4 is 9.62 Å². The van der Waals surface area contributed by atoms with Crippen LogP contribution in [-0.2, 0) is 32.6 Å². The molecule has 0 aliphatic heterocycles. The van der Waals surface area contributed by atoms with E-state index < -0.39 is 40.2 Å². The van der Waals surface area contributed by atoms with E-state index in [0.717, 1.165) is 15.4 Å². The normalized spacial score (nSPS) is 12.1. The van der Waals surface area contributed by atoms with Crippen molar-refractivity contribution in [2.45, 2.75) is 44.7 Å². The Morgan fingerprint density at radius 1 is 0.848 bits per heavy atom. The molecule has 0 heterocycles. The van der Waals surface area contributed by atoms with Crippen LogP contribution >= 0.6 is 23.2 Å². The lowest BCUT2D eigenvalue weighted by Gasteiger charge is -2.34. The molecule has 0 fully saturated rings. The summed E-state index contributed by atoms with van der Waals surface area (Å²) in [7, 11) is -4.32. The van der Waals surface area contributed by atoms with E-state index in [1.54, 1.807) is 12.1 Å². The summed E-state index contributed by atoms with van der Waals surface area (Å²) < 4.78 is 43.1. The molecule has 7 nitrogen and oxygen atoms in total. The highest BCUT2D eigenvalue weighted by Gasteiger charge is 2.35. The number of nitrogens with zero attached hydrogens (tertiary/aromatic N) is 2. The minimum atomic E-state index is -4.32. The molecule has 2 amide bonds. The van der Waals surface area contributed by atoms with Crippen molar-refractivity contribution in [1.82, 2.24) is 10.2 Å².